The second-order valence-electron chi connectivity index (χ2n) is 2.53. The molecular weight excluding hydrogens is 192 g/mol. The first-order chi connectivity index (χ1) is 6.06. The monoisotopic (exact) mass is 200 g/mol. The minimum Gasteiger partial charge on any atom is -0.464 e. The van der Waals surface area contributed by atoms with Gasteiger partial charge in [-0.05, 0) is 13.8 Å². The minimum atomic E-state index is -0.496. The number of aromatic nitrogens is 2. The van der Waals surface area contributed by atoms with Gasteiger partial charge < -0.3 is 4.74 Å². The quantitative estimate of drug-likeness (QED) is 0.646. The summed E-state index contributed by atoms with van der Waals surface area (Å²) in [4.78, 5) is 19.0. The zero-order valence-electron chi connectivity index (χ0n) is 7.59. The Balaban J connectivity index is 3.23. The van der Waals surface area contributed by atoms with Crippen molar-refractivity contribution in [3.05, 3.63) is 22.2 Å². The zero-order valence-corrected chi connectivity index (χ0v) is 8.34. The van der Waals surface area contributed by atoms with Crippen molar-refractivity contribution in [2.75, 3.05) is 7.11 Å². The lowest BCUT2D eigenvalue weighted by molar-refractivity contribution is 0.0592. The fraction of sp³-hybridized carbons (Fsp3) is 0.375. The van der Waals surface area contributed by atoms with Gasteiger partial charge in [-0.2, -0.15) is 0 Å². The summed E-state index contributed by atoms with van der Waals surface area (Å²) in [5, 5.41) is 0.310. The van der Waals surface area contributed by atoms with E-state index in [1.165, 1.54) is 7.11 Å². The number of carbonyl (C=O) groups is 1. The molecular formula is C8H9ClN2O2. The number of esters is 1. The van der Waals surface area contributed by atoms with Crippen LogP contribution in [0.4, 0.5) is 0 Å². The zero-order chi connectivity index (χ0) is 10.0. The number of nitrogens with zero attached hydrogens (tertiary/aromatic N) is 2. The van der Waals surface area contributed by atoms with Crippen LogP contribution < -0.4 is 0 Å². The molecule has 4 nitrogen and oxygen atoms in total. The summed E-state index contributed by atoms with van der Waals surface area (Å²) in [5.74, 6) is -0.496. The van der Waals surface area contributed by atoms with Crippen molar-refractivity contribution < 1.29 is 9.53 Å². The lowest BCUT2D eigenvalue weighted by Crippen LogP contribution is -2.09. The van der Waals surface area contributed by atoms with Crippen molar-refractivity contribution in [2.24, 2.45) is 0 Å². The average Bonchev–Trinajstić information content (AvgIpc) is 2.10. The normalized spacial score (nSPS) is 9.85. The van der Waals surface area contributed by atoms with Gasteiger partial charge in [0.05, 0.1) is 18.5 Å². The molecule has 0 aliphatic heterocycles. The van der Waals surface area contributed by atoms with Gasteiger partial charge in [-0.3, -0.25) is 0 Å². The second kappa shape index (κ2) is 3.70. The number of aryl methyl sites for hydroxylation is 2. The van der Waals surface area contributed by atoms with E-state index in [-0.39, 0.29) is 5.69 Å². The standard InChI is InChI=1S/C8H9ClN2O2/c1-4-6(8(12)13-3)10-5(2)7(9)11-4/h1-3H3. The van der Waals surface area contributed by atoms with Crippen molar-refractivity contribution in [3.8, 4) is 0 Å². The molecule has 0 spiro atoms. The van der Waals surface area contributed by atoms with Crippen LogP contribution in [0.3, 0.4) is 0 Å². The Morgan fingerprint density at radius 3 is 2.46 bits per heavy atom. The smallest absolute Gasteiger partial charge is 0.358 e. The molecule has 1 heterocycles. The third-order valence-electron chi connectivity index (χ3n) is 1.57. The fourth-order valence-electron chi connectivity index (χ4n) is 0.866. The highest BCUT2D eigenvalue weighted by molar-refractivity contribution is 6.30. The van der Waals surface area contributed by atoms with E-state index < -0.39 is 5.97 Å². The summed E-state index contributed by atoms with van der Waals surface area (Å²) >= 11 is 5.71. The molecule has 0 aromatic carbocycles. The molecule has 0 amide bonds. The van der Waals surface area contributed by atoms with Gasteiger partial charge in [0.15, 0.2) is 10.8 Å². The maximum atomic E-state index is 11.1. The lowest BCUT2D eigenvalue weighted by Gasteiger charge is -2.03. The molecule has 1 rings (SSSR count). The van der Waals surface area contributed by atoms with Gasteiger partial charge >= 0.3 is 5.97 Å². The third-order valence-corrected chi connectivity index (χ3v) is 1.92. The Hall–Kier alpha value is -1.16. The number of rotatable bonds is 1. The van der Waals surface area contributed by atoms with Gasteiger partial charge in [0.2, 0.25) is 0 Å². The molecule has 5 heteroatoms. The number of halogens is 1. The second-order valence-corrected chi connectivity index (χ2v) is 2.88. The minimum absolute atomic E-state index is 0.212. The molecule has 13 heavy (non-hydrogen) atoms. The van der Waals surface area contributed by atoms with Crippen molar-refractivity contribution in [3.63, 3.8) is 0 Å². The van der Waals surface area contributed by atoms with Crippen LogP contribution >= 0.6 is 11.6 Å². The molecule has 0 saturated heterocycles. The van der Waals surface area contributed by atoms with E-state index in [2.05, 4.69) is 14.7 Å². The van der Waals surface area contributed by atoms with Crippen LogP contribution in [0, 0.1) is 13.8 Å². The Kier molecular flexibility index (Phi) is 2.83. The number of hydrogen-bond acceptors (Lipinski definition) is 4. The van der Waals surface area contributed by atoms with Gasteiger partial charge in [0, 0.05) is 0 Å². The van der Waals surface area contributed by atoms with Crippen molar-refractivity contribution in [2.45, 2.75) is 13.8 Å². The molecule has 0 aliphatic carbocycles. The molecule has 0 bridgehead atoms. The summed E-state index contributed by atoms with van der Waals surface area (Å²) < 4.78 is 4.53. The molecule has 70 valence electrons. The van der Waals surface area contributed by atoms with E-state index in [1.807, 2.05) is 0 Å². The Labute approximate surface area is 80.9 Å². The van der Waals surface area contributed by atoms with Crippen LogP contribution in [0.15, 0.2) is 0 Å². The van der Waals surface area contributed by atoms with Crippen molar-refractivity contribution in [1.82, 2.24) is 9.97 Å². The molecule has 1 aromatic heterocycles. The maximum Gasteiger partial charge on any atom is 0.358 e. The van der Waals surface area contributed by atoms with Gasteiger partial charge in [0.1, 0.15) is 0 Å². The van der Waals surface area contributed by atoms with Crippen LogP contribution in [0.5, 0.6) is 0 Å². The molecule has 1 aromatic rings. The van der Waals surface area contributed by atoms with Gasteiger partial charge in [-0.15, -0.1) is 0 Å². The van der Waals surface area contributed by atoms with E-state index in [1.54, 1.807) is 13.8 Å². The summed E-state index contributed by atoms with van der Waals surface area (Å²) in [6, 6.07) is 0. The van der Waals surface area contributed by atoms with Gasteiger partial charge in [-0.25, -0.2) is 14.8 Å². The summed E-state index contributed by atoms with van der Waals surface area (Å²) in [7, 11) is 1.30. The van der Waals surface area contributed by atoms with E-state index in [4.69, 9.17) is 11.6 Å². The predicted molar refractivity (Wildman–Crippen MR) is 47.9 cm³/mol. The lowest BCUT2D eigenvalue weighted by atomic mass is 10.3. The molecule has 0 radical (unpaired) electrons. The highest BCUT2D eigenvalue weighted by Gasteiger charge is 2.14. The molecule has 0 atom stereocenters. The van der Waals surface area contributed by atoms with E-state index >= 15 is 0 Å². The number of carbonyl (C=O) groups excluding carboxylic acids is 1. The van der Waals surface area contributed by atoms with E-state index in [0.29, 0.717) is 16.5 Å². The molecule has 0 N–H and O–H groups in total. The Morgan fingerprint density at radius 1 is 1.31 bits per heavy atom. The van der Waals surface area contributed by atoms with Crippen molar-refractivity contribution >= 4 is 17.6 Å². The molecule has 0 aliphatic rings. The first-order valence-corrected chi connectivity index (χ1v) is 4.03. The van der Waals surface area contributed by atoms with E-state index in [0.717, 1.165) is 0 Å². The van der Waals surface area contributed by atoms with Crippen LogP contribution in [0.1, 0.15) is 21.9 Å². The SMILES string of the molecule is COC(=O)c1nc(C)c(Cl)nc1C. The first-order valence-electron chi connectivity index (χ1n) is 3.65. The predicted octanol–water partition coefficient (Wildman–Crippen LogP) is 1.53. The summed E-state index contributed by atoms with van der Waals surface area (Å²) in [6.07, 6.45) is 0. The Morgan fingerprint density at radius 2 is 1.92 bits per heavy atom. The molecule has 0 unspecified atom stereocenters. The van der Waals surface area contributed by atoms with E-state index in [9.17, 15) is 4.79 Å². The summed E-state index contributed by atoms with van der Waals surface area (Å²) in [5.41, 5.74) is 1.21. The van der Waals surface area contributed by atoms with Crippen LogP contribution in [-0.2, 0) is 4.74 Å². The van der Waals surface area contributed by atoms with Gasteiger partial charge in [0.25, 0.3) is 0 Å². The molecule has 0 saturated carbocycles. The maximum absolute atomic E-state index is 11.1. The van der Waals surface area contributed by atoms with Gasteiger partial charge in [-0.1, -0.05) is 11.6 Å². The third kappa shape index (κ3) is 1.95. The Bertz CT molecular complexity index is 352. The fourth-order valence-corrected chi connectivity index (χ4v) is 1.03. The van der Waals surface area contributed by atoms with Crippen LogP contribution in [-0.4, -0.2) is 23.0 Å². The highest BCUT2D eigenvalue weighted by Crippen LogP contribution is 2.12. The topological polar surface area (TPSA) is 52.1 Å². The number of ether oxygens (including phenoxy) is 1. The summed E-state index contributed by atoms with van der Waals surface area (Å²) in [6.45, 7) is 3.34. The molecule has 0 fully saturated rings. The first kappa shape index (κ1) is 9.92. The van der Waals surface area contributed by atoms with Crippen molar-refractivity contribution in [1.29, 1.82) is 0 Å². The average molecular weight is 201 g/mol. The number of hydrogen-bond donors (Lipinski definition) is 0. The highest BCUT2D eigenvalue weighted by atomic mass is 35.5. The van der Waals surface area contributed by atoms with Crippen LogP contribution in [0.2, 0.25) is 5.15 Å². The number of methoxy groups -OCH3 is 1. The largest absolute Gasteiger partial charge is 0.464 e. The van der Waals surface area contributed by atoms with Crippen LogP contribution in [0.25, 0.3) is 0 Å².